The maximum atomic E-state index is 13.3. The van der Waals surface area contributed by atoms with Crippen LogP contribution >= 0.6 is 0 Å². The highest BCUT2D eigenvalue weighted by Crippen LogP contribution is 2.35. The summed E-state index contributed by atoms with van der Waals surface area (Å²) < 4.78 is 18.9. The number of nitrogens with zero attached hydrogens (tertiary/aromatic N) is 1. The summed E-state index contributed by atoms with van der Waals surface area (Å²) >= 11 is 0. The molecule has 4 rings (SSSR count). The Morgan fingerprint density at radius 3 is 2.39 bits per heavy atom. The molecule has 0 spiro atoms. The Morgan fingerprint density at radius 2 is 1.77 bits per heavy atom. The van der Waals surface area contributed by atoms with Crippen LogP contribution < -0.4 is 10.6 Å². The number of hydrogen-bond acceptors (Lipinski definition) is 4. The van der Waals surface area contributed by atoms with Crippen molar-refractivity contribution in [3.05, 3.63) is 65.5 Å². The van der Waals surface area contributed by atoms with Gasteiger partial charge in [-0.25, -0.2) is 9.18 Å². The maximum absolute atomic E-state index is 13.3. The summed E-state index contributed by atoms with van der Waals surface area (Å²) in [6.07, 6.45) is 0.809. The van der Waals surface area contributed by atoms with Gasteiger partial charge in [0, 0.05) is 18.2 Å². The zero-order valence-electron chi connectivity index (χ0n) is 17.1. The van der Waals surface area contributed by atoms with E-state index < -0.39 is 18.2 Å². The maximum Gasteiger partial charge on any atom is 0.411 e. The molecule has 1 heterocycles. The fourth-order valence-corrected chi connectivity index (χ4v) is 3.52. The van der Waals surface area contributed by atoms with Crippen molar-refractivity contribution in [1.29, 1.82) is 0 Å². The van der Waals surface area contributed by atoms with Crippen molar-refractivity contribution in [2.75, 3.05) is 5.32 Å². The van der Waals surface area contributed by atoms with Crippen LogP contribution in [-0.2, 0) is 20.9 Å². The minimum Gasteiger partial charge on any atom is -0.438 e. The zero-order valence-corrected chi connectivity index (χ0v) is 17.1. The van der Waals surface area contributed by atoms with Crippen molar-refractivity contribution in [2.24, 2.45) is 0 Å². The van der Waals surface area contributed by atoms with Gasteiger partial charge < -0.3 is 15.4 Å². The molecule has 1 saturated carbocycles. The molecule has 31 heavy (non-hydrogen) atoms. The Kier molecular flexibility index (Phi) is 5.88. The molecule has 0 unspecified atom stereocenters. The molecule has 2 aromatic rings. The van der Waals surface area contributed by atoms with Crippen molar-refractivity contribution in [1.82, 2.24) is 10.2 Å². The zero-order chi connectivity index (χ0) is 22.0. The van der Waals surface area contributed by atoms with Crippen LogP contribution in [0.15, 0.2) is 48.5 Å². The van der Waals surface area contributed by atoms with Crippen LogP contribution in [0.5, 0.6) is 0 Å². The molecule has 2 atom stereocenters. The van der Waals surface area contributed by atoms with Crippen molar-refractivity contribution in [2.45, 2.75) is 50.9 Å². The smallest absolute Gasteiger partial charge is 0.411 e. The second kappa shape index (κ2) is 8.75. The fraction of sp³-hybridized carbons (Fsp3) is 0.348. The standard InChI is InChI=1S/C23H24FN3O4/c1-2-19(28)25-17-9-5-15(6-10-17)21-20(22(29)26-18-11-12-18)27(23(30)31-21)13-14-3-7-16(24)8-4-14/h3-10,18,20-21H,2,11-13H2,1H3,(H,25,28)(H,26,29)/t20-,21-/m0/s1. The summed E-state index contributed by atoms with van der Waals surface area (Å²) in [7, 11) is 0. The van der Waals surface area contributed by atoms with Gasteiger partial charge in [0.2, 0.25) is 11.8 Å². The first kappa shape index (κ1) is 20.8. The number of ether oxygens (including phenoxy) is 1. The van der Waals surface area contributed by atoms with Crippen LogP contribution in [0.25, 0.3) is 0 Å². The minimum absolute atomic E-state index is 0.104. The average molecular weight is 425 g/mol. The van der Waals surface area contributed by atoms with Gasteiger partial charge in [0.25, 0.3) is 0 Å². The summed E-state index contributed by atoms with van der Waals surface area (Å²) in [5.74, 6) is -0.750. The molecular formula is C23H24FN3O4. The van der Waals surface area contributed by atoms with Gasteiger partial charge in [0.15, 0.2) is 12.1 Å². The first-order valence-corrected chi connectivity index (χ1v) is 10.4. The Bertz CT molecular complexity index is 973. The highest BCUT2D eigenvalue weighted by Gasteiger charge is 2.47. The normalized spacial score (nSPS) is 20.3. The molecule has 0 aromatic heterocycles. The lowest BCUT2D eigenvalue weighted by atomic mass is 10.00. The van der Waals surface area contributed by atoms with Gasteiger partial charge in [-0.3, -0.25) is 14.5 Å². The van der Waals surface area contributed by atoms with Gasteiger partial charge in [-0.05, 0) is 48.2 Å². The number of cyclic esters (lactones) is 1. The van der Waals surface area contributed by atoms with Crippen molar-refractivity contribution < 1.29 is 23.5 Å². The van der Waals surface area contributed by atoms with E-state index in [1.54, 1.807) is 43.3 Å². The number of benzene rings is 2. The largest absolute Gasteiger partial charge is 0.438 e. The molecule has 2 N–H and O–H groups in total. The monoisotopic (exact) mass is 425 g/mol. The number of halogens is 1. The lowest BCUT2D eigenvalue weighted by molar-refractivity contribution is -0.126. The molecule has 2 aromatic carbocycles. The van der Waals surface area contributed by atoms with E-state index in [0.717, 1.165) is 12.8 Å². The van der Waals surface area contributed by atoms with Crippen LogP contribution in [0.4, 0.5) is 14.9 Å². The molecule has 1 saturated heterocycles. The SMILES string of the molecule is CCC(=O)Nc1ccc([C@@H]2OC(=O)N(Cc3ccc(F)cc3)[C@@H]2C(=O)NC2CC2)cc1. The van der Waals surface area contributed by atoms with Crippen LogP contribution in [-0.4, -0.2) is 34.9 Å². The Morgan fingerprint density at radius 1 is 1.10 bits per heavy atom. The van der Waals surface area contributed by atoms with E-state index in [-0.39, 0.29) is 30.2 Å². The third kappa shape index (κ3) is 4.84. The summed E-state index contributed by atoms with van der Waals surface area (Å²) in [6.45, 7) is 1.89. The second-order valence-corrected chi connectivity index (χ2v) is 7.81. The summed E-state index contributed by atoms with van der Waals surface area (Å²) in [5.41, 5.74) is 1.98. The number of carbonyl (C=O) groups is 3. The number of nitrogens with one attached hydrogen (secondary N) is 2. The molecule has 8 heteroatoms. The van der Waals surface area contributed by atoms with Crippen molar-refractivity contribution in [3.8, 4) is 0 Å². The summed E-state index contributed by atoms with van der Waals surface area (Å²) in [6, 6.07) is 12.0. The van der Waals surface area contributed by atoms with Gasteiger partial charge in [-0.1, -0.05) is 31.2 Å². The Hall–Kier alpha value is -3.42. The topological polar surface area (TPSA) is 87.7 Å². The predicted octanol–water partition coefficient (Wildman–Crippen LogP) is 3.51. The van der Waals surface area contributed by atoms with Gasteiger partial charge in [0.1, 0.15) is 5.82 Å². The first-order valence-electron chi connectivity index (χ1n) is 10.4. The summed E-state index contributed by atoms with van der Waals surface area (Å²) in [4.78, 5) is 38.7. The fourth-order valence-electron chi connectivity index (χ4n) is 3.52. The first-order chi connectivity index (χ1) is 14.9. The molecule has 162 valence electrons. The van der Waals surface area contributed by atoms with Gasteiger partial charge in [-0.2, -0.15) is 0 Å². The van der Waals surface area contributed by atoms with Crippen molar-refractivity contribution >= 4 is 23.6 Å². The Labute approximate surface area is 179 Å². The van der Waals surface area contributed by atoms with Crippen LogP contribution in [0.2, 0.25) is 0 Å². The number of amides is 3. The van der Waals surface area contributed by atoms with E-state index >= 15 is 0 Å². The molecule has 0 radical (unpaired) electrons. The molecule has 1 aliphatic heterocycles. The molecule has 7 nitrogen and oxygen atoms in total. The van der Waals surface area contributed by atoms with Gasteiger partial charge in [0.05, 0.1) is 6.54 Å². The number of rotatable bonds is 7. The number of hydrogen-bond donors (Lipinski definition) is 2. The second-order valence-electron chi connectivity index (χ2n) is 7.81. The van der Waals surface area contributed by atoms with E-state index in [1.165, 1.54) is 17.0 Å². The van der Waals surface area contributed by atoms with Crippen LogP contribution in [0, 0.1) is 5.82 Å². The van der Waals surface area contributed by atoms with Gasteiger partial charge >= 0.3 is 6.09 Å². The van der Waals surface area contributed by atoms with E-state index in [4.69, 9.17) is 4.74 Å². The molecule has 0 bridgehead atoms. The van der Waals surface area contributed by atoms with E-state index in [2.05, 4.69) is 10.6 Å². The quantitative estimate of drug-likeness (QED) is 0.711. The van der Waals surface area contributed by atoms with Crippen LogP contribution in [0.3, 0.4) is 0 Å². The molecule has 1 aliphatic carbocycles. The van der Waals surface area contributed by atoms with Gasteiger partial charge in [-0.15, -0.1) is 0 Å². The summed E-state index contributed by atoms with van der Waals surface area (Å²) in [5, 5.41) is 5.72. The highest BCUT2D eigenvalue weighted by atomic mass is 19.1. The molecule has 2 fully saturated rings. The van der Waals surface area contributed by atoms with E-state index in [1.807, 2.05) is 0 Å². The van der Waals surface area contributed by atoms with Crippen LogP contribution in [0.1, 0.15) is 43.4 Å². The minimum atomic E-state index is -0.853. The molecule has 3 amide bonds. The lowest BCUT2D eigenvalue weighted by Crippen LogP contribution is -2.46. The van der Waals surface area contributed by atoms with E-state index in [0.29, 0.717) is 23.2 Å². The molecular weight excluding hydrogens is 401 g/mol. The Balaban J connectivity index is 1.58. The van der Waals surface area contributed by atoms with E-state index in [9.17, 15) is 18.8 Å². The predicted molar refractivity (Wildman–Crippen MR) is 111 cm³/mol. The number of carbonyl (C=O) groups excluding carboxylic acids is 3. The highest BCUT2D eigenvalue weighted by molar-refractivity contribution is 5.91. The third-order valence-electron chi connectivity index (χ3n) is 5.39. The lowest BCUT2D eigenvalue weighted by Gasteiger charge is -2.24. The number of anilines is 1. The van der Waals surface area contributed by atoms with Crippen molar-refractivity contribution in [3.63, 3.8) is 0 Å². The molecule has 2 aliphatic rings. The average Bonchev–Trinajstić information content (AvgIpc) is 3.52. The third-order valence-corrected chi connectivity index (χ3v) is 5.39.